The Bertz CT molecular complexity index is 2780. The van der Waals surface area contributed by atoms with Gasteiger partial charge in [0.25, 0.3) is 0 Å². The Balaban J connectivity index is 1.11. The van der Waals surface area contributed by atoms with Gasteiger partial charge in [0.05, 0.1) is 22.1 Å². The topological polar surface area (TPSA) is 9.86 Å². The van der Waals surface area contributed by atoms with Gasteiger partial charge in [-0.2, -0.15) is 0 Å². The van der Waals surface area contributed by atoms with E-state index >= 15 is 0 Å². The van der Waals surface area contributed by atoms with E-state index in [-0.39, 0.29) is 0 Å². The van der Waals surface area contributed by atoms with Crippen LogP contribution in [0.2, 0.25) is 0 Å². The molecule has 0 saturated carbocycles. The number of nitrogens with zero attached hydrogens (tertiary/aromatic N) is 2. The summed E-state index contributed by atoms with van der Waals surface area (Å²) in [4.78, 5) is 0. The molecule has 0 amide bonds. The Hall–Kier alpha value is -6.64. The van der Waals surface area contributed by atoms with E-state index in [4.69, 9.17) is 0 Å². The van der Waals surface area contributed by atoms with Gasteiger partial charge in [0.1, 0.15) is 0 Å². The maximum absolute atomic E-state index is 2.44. The smallest absolute Gasteiger partial charge is 0.0619 e. The van der Waals surface area contributed by atoms with Crippen molar-refractivity contribution in [1.82, 2.24) is 9.13 Å². The molecule has 0 N–H and O–H groups in total. The molecule has 0 unspecified atom stereocenters. The highest BCUT2D eigenvalue weighted by molar-refractivity contribution is 6.15. The first-order valence-corrected chi connectivity index (χ1v) is 17.7. The first kappa shape index (κ1) is 28.2. The van der Waals surface area contributed by atoms with Crippen LogP contribution in [0.15, 0.2) is 182 Å². The van der Waals surface area contributed by atoms with E-state index in [0.717, 1.165) is 6.42 Å². The van der Waals surface area contributed by atoms with Crippen molar-refractivity contribution in [3.8, 4) is 44.8 Å². The van der Waals surface area contributed by atoms with E-state index in [1.807, 2.05) is 0 Å². The Morgan fingerprint density at radius 2 is 0.725 bits per heavy atom. The second-order valence-corrected chi connectivity index (χ2v) is 13.7. The Morgan fingerprint density at radius 3 is 1.20 bits per heavy atom. The van der Waals surface area contributed by atoms with E-state index in [2.05, 4.69) is 191 Å². The number of hydrogen-bond donors (Lipinski definition) is 0. The number of hydrogen-bond acceptors (Lipinski definition) is 0. The largest absolute Gasteiger partial charge is 0.309 e. The van der Waals surface area contributed by atoms with Gasteiger partial charge < -0.3 is 9.13 Å². The van der Waals surface area contributed by atoms with Gasteiger partial charge in [0.2, 0.25) is 0 Å². The average Bonchev–Trinajstić information content (AvgIpc) is 3.86. The summed E-state index contributed by atoms with van der Waals surface area (Å²) < 4.78 is 4.87. The van der Waals surface area contributed by atoms with Gasteiger partial charge in [-0.1, -0.05) is 133 Å². The summed E-state index contributed by atoms with van der Waals surface area (Å²) in [6, 6.07) is 66.9. The Labute approximate surface area is 296 Å². The highest BCUT2D eigenvalue weighted by atomic mass is 15.0. The van der Waals surface area contributed by atoms with Gasteiger partial charge >= 0.3 is 0 Å². The minimum absolute atomic E-state index is 0.953. The minimum Gasteiger partial charge on any atom is -0.309 e. The lowest BCUT2D eigenvalue weighted by atomic mass is 9.94. The summed E-state index contributed by atoms with van der Waals surface area (Å²) >= 11 is 0. The van der Waals surface area contributed by atoms with Crippen LogP contribution in [0.4, 0.5) is 0 Å². The predicted octanol–water partition coefficient (Wildman–Crippen LogP) is 12.8. The van der Waals surface area contributed by atoms with Crippen molar-refractivity contribution in [3.63, 3.8) is 0 Å². The molecular weight excluding hydrogens is 617 g/mol. The van der Waals surface area contributed by atoms with Crippen molar-refractivity contribution >= 4 is 43.6 Å². The van der Waals surface area contributed by atoms with Crippen LogP contribution in [-0.2, 0) is 6.42 Å². The van der Waals surface area contributed by atoms with Gasteiger partial charge in [0.15, 0.2) is 0 Å². The molecule has 0 bridgehead atoms. The number of rotatable bonds is 4. The molecule has 10 aromatic rings. The molecule has 0 atom stereocenters. The molecule has 1 aliphatic carbocycles. The van der Waals surface area contributed by atoms with E-state index in [1.165, 1.54) is 99.5 Å². The molecule has 0 saturated heterocycles. The third kappa shape index (κ3) is 4.17. The van der Waals surface area contributed by atoms with Gasteiger partial charge in [-0.3, -0.25) is 0 Å². The zero-order valence-electron chi connectivity index (χ0n) is 27.9. The van der Waals surface area contributed by atoms with E-state index in [9.17, 15) is 0 Å². The highest BCUT2D eigenvalue weighted by Gasteiger charge is 2.23. The van der Waals surface area contributed by atoms with E-state index < -0.39 is 0 Å². The minimum atomic E-state index is 0.953. The second kappa shape index (κ2) is 10.9. The number of fused-ring (bicyclic) bond motifs is 9. The highest BCUT2D eigenvalue weighted by Crippen LogP contribution is 2.45. The third-order valence-electron chi connectivity index (χ3n) is 10.9. The summed E-state index contributed by atoms with van der Waals surface area (Å²) in [5, 5.41) is 5.10. The van der Waals surface area contributed by atoms with Crippen molar-refractivity contribution in [1.29, 1.82) is 0 Å². The van der Waals surface area contributed by atoms with Gasteiger partial charge in [-0.25, -0.2) is 0 Å². The van der Waals surface area contributed by atoms with Crippen LogP contribution in [0, 0.1) is 0 Å². The molecule has 0 spiro atoms. The summed E-state index contributed by atoms with van der Waals surface area (Å²) in [6.07, 6.45) is 0.953. The summed E-state index contributed by atoms with van der Waals surface area (Å²) in [7, 11) is 0. The second-order valence-electron chi connectivity index (χ2n) is 13.7. The molecule has 2 nitrogen and oxygen atoms in total. The monoisotopic (exact) mass is 648 g/mol. The lowest BCUT2D eigenvalue weighted by Crippen LogP contribution is -1.95. The molecule has 0 fully saturated rings. The van der Waals surface area contributed by atoms with Crippen molar-refractivity contribution in [2.24, 2.45) is 0 Å². The van der Waals surface area contributed by atoms with Gasteiger partial charge in [0, 0.05) is 44.0 Å². The maximum Gasteiger partial charge on any atom is 0.0619 e. The summed E-state index contributed by atoms with van der Waals surface area (Å²) in [6.45, 7) is 0. The van der Waals surface area contributed by atoms with Crippen molar-refractivity contribution in [2.45, 2.75) is 6.42 Å². The zero-order chi connectivity index (χ0) is 33.5. The molecule has 1 aliphatic rings. The molecular formula is C49H32N2. The third-order valence-corrected chi connectivity index (χ3v) is 10.9. The standard InChI is InChI=1S/C49H32N2/c1-3-13-36(14-4-1)50-46-23-9-7-17-40(46)42-21-11-19-38(48(42)50)34-27-25-32-29-33-26-28-35(31-45(33)44(32)30-34)39-20-12-22-43-41-18-8-10-24-47(41)51(49(39)43)37-15-5-2-6-16-37/h1-28,30-31H,29H2. The summed E-state index contributed by atoms with van der Waals surface area (Å²) in [5.41, 5.74) is 17.7. The van der Waals surface area contributed by atoms with Crippen LogP contribution in [0.1, 0.15) is 11.1 Å². The molecule has 2 aromatic heterocycles. The molecule has 2 heterocycles. The number of para-hydroxylation sites is 6. The molecule has 51 heavy (non-hydrogen) atoms. The Morgan fingerprint density at radius 1 is 0.314 bits per heavy atom. The number of aromatic nitrogens is 2. The average molecular weight is 649 g/mol. The molecule has 0 radical (unpaired) electrons. The quantitative estimate of drug-likeness (QED) is 0.180. The van der Waals surface area contributed by atoms with Crippen LogP contribution in [0.5, 0.6) is 0 Å². The normalized spacial score (nSPS) is 12.2. The van der Waals surface area contributed by atoms with Gasteiger partial charge in [-0.15, -0.1) is 0 Å². The SMILES string of the molecule is c1ccc(-n2c3ccccc3c3cccc(-c4ccc5c(c4)-c4cc(-c6cccc7c8ccccc8n(-c8ccccc8)c67)ccc4C5)c32)cc1. The van der Waals surface area contributed by atoms with Crippen molar-refractivity contribution < 1.29 is 0 Å². The first-order valence-electron chi connectivity index (χ1n) is 17.7. The maximum atomic E-state index is 2.44. The van der Waals surface area contributed by atoms with Crippen molar-refractivity contribution in [3.05, 3.63) is 193 Å². The van der Waals surface area contributed by atoms with Crippen molar-refractivity contribution in [2.75, 3.05) is 0 Å². The Kier molecular flexibility index (Phi) is 6.05. The molecule has 238 valence electrons. The van der Waals surface area contributed by atoms with Crippen LogP contribution in [0.25, 0.3) is 88.4 Å². The fourth-order valence-corrected chi connectivity index (χ4v) is 8.70. The number of benzene rings is 8. The molecule has 2 heteroatoms. The lowest BCUT2D eigenvalue weighted by molar-refractivity contribution is 1.18. The van der Waals surface area contributed by atoms with Crippen LogP contribution < -0.4 is 0 Å². The van der Waals surface area contributed by atoms with Crippen LogP contribution in [0.3, 0.4) is 0 Å². The van der Waals surface area contributed by atoms with Crippen LogP contribution >= 0.6 is 0 Å². The van der Waals surface area contributed by atoms with Crippen LogP contribution in [-0.4, -0.2) is 9.13 Å². The summed E-state index contributed by atoms with van der Waals surface area (Å²) in [5.74, 6) is 0. The fourth-order valence-electron chi connectivity index (χ4n) is 8.70. The van der Waals surface area contributed by atoms with E-state index in [0.29, 0.717) is 0 Å². The first-order chi connectivity index (χ1) is 25.3. The molecule has 0 aliphatic heterocycles. The van der Waals surface area contributed by atoms with Gasteiger partial charge in [-0.05, 0) is 88.3 Å². The fraction of sp³-hybridized carbons (Fsp3) is 0.0204. The predicted molar refractivity (Wildman–Crippen MR) is 214 cm³/mol. The lowest BCUT2D eigenvalue weighted by Gasteiger charge is -2.14. The molecule has 11 rings (SSSR count). The zero-order valence-corrected chi connectivity index (χ0v) is 27.9. The van der Waals surface area contributed by atoms with E-state index in [1.54, 1.807) is 0 Å². The molecule has 8 aromatic carbocycles.